The molecule has 3 N–H and O–H groups in total. The molecule has 0 fully saturated rings. The van der Waals surface area contributed by atoms with Gasteiger partial charge in [-0.15, -0.1) is 0 Å². The van der Waals surface area contributed by atoms with Crippen molar-refractivity contribution in [2.24, 2.45) is 5.73 Å². The van der Waals surface area contributed by atoms with Crippen LogP contribution in [0.25, 0.3) is 0 Å². The molecule has 4 heteroatoms. The van der Waals surface area contributed by atoms with E-state index in [1.165, 1.54) is 0 Å². The average Bonchev–Trinajstić information content (AvgIpc) is 2.37. The molecule has 0 spiro atoms. The van der Waals surface area contributed by atoms with Crippen LogP contribution in [0.1, 0.15) is 35.7 Å². The molecule has 18 heavy (non-hydrogen) atoms. The molecular weight excluding hydrogens is 228 g/mol. The third kappa shape index (κ3) is 4.85. The van der Waals surface area contributed by atoms with E-state index in [1.807, 2.05) is 18.2 Å². The molecule has 4 nitrogen and oxygen atoms in total. The number of amides is 1. The van der Waals surface area contributed by atoms with Gasteiger partial charge in [0.25, 0.3) is 0 Å². The Kier molecular flexibility index (Phi) is 6.39. The normalized spacial score (nSPS) is 12.3. The van der Waals surface area contributed by atoms with Crippen molar-refractivity contribution >= 4 is 5.91 Å². The summed E-state index contributed by atoms with van der Waals surface area (Å²) in [5, 5.41) is 3.43. The minimum absolute atomic E-state index is 0.345. The SMILES string of the molecule is CCCC(COC)NCc1cccc(C(N)=O)c1. The topological polar surface area (TPSA) is 64.3 Å². The predicted octanol–water partition coefficient (Wildman–Crippen LogP) is 1.69. The first-order chi connectivity index (χ1) is 8.67. The molecule has 0 heterocycles. The number of benzene rings is 1. The van der Waals surface area contributed by atoms with Crippen LogP contribution in [0.3, 0.4) is 0 Å². The number of primary amides is 1. The zero-order chi connectivity index (χ0) is 13.4. The Balaban J connectivity index is 2.55. The van der Waals surface area contributed by atoms with E-state index in [0.717, 1.165) is 24.9 Å². The van der Waals surface area contributed by atoms with Gasteiger partial charge in [-0.3, -0.25) is 4.79 Å². The van der Waals surface area contributed by atoms with Crippen molar-refractivity contribution in [3.63, 3.8) is 0 Å². The number of ether oxygens (including phenoxy) is 1. The van der Waals surface area contributed by atoms with Gasteiger partial charge in [-0.2, -0.15) is 0 Å². The summed E-state index contributed by atoms with van der Waals surface area (Å²) in [7, 11) is 1.71. The number of rotatable bonds is 8. The van der Waals surface area contributed by atoms with Crippen LogP contribution >= 0.6 is 0 Å². The third-order valence-corrected chi connectivity index (χ3v) is 2.81. The molecule has 1 unspecified atom stereocenters. The van der Waals surface area contributed by atoms with Crippen LogP contribution in [-0.2, 0) is 11.3 Å². The number of methoxy groups -OCH3 is 1. The van der Waals surface area contributed by atoms with E-state index >= 15 is 0 Å². The molecule has 1 aromatic rings. The van der Waals surface area contributed by atoms with Gasteiger partial charge in [0.2, 0.25) is 5.91 Å². The molecule has 0 aromatic heterocycles. The maximum atomic E-state index is 11.1. The molecule has 0 aliphatic rings. The summed E-state index contributed by atoms with van der Waals surface area (Å²) in [6.07, 6.45) is 2.19. The Morgan fingerprint density at radius 2 is 2.28 bits per heavy atom. The van der Waals surface area contributed by atoms with E-state index in [0.29, 0.717) is 18.2 Å². The molecule has 0 aliphatic carbocycles. The second-order valence-corrected chi connectivity index (χ2v) is 4.39. The molecule has 1 atom stereocenters. The van der Waals surface area contributed by atoms with E-state index in [9.17, 15) is 4.79 Å². The van der Waals surface area contributed by atoms with Gasteiger partial charge in [0, 0.05) is 25.3 Å². The lowest BCUT2D eigenvalue weighted by atomic mass is 10.1. The van der Waals surface area contributed by atoms with Crippen LogP contribution in [0, 0.1) is 0 Å². The van der Waals surface area contributed by atoms with Gasteiger partial charge in [0.1, 0.15) is 0 Å². The average molecular weight is 250 g/mol. The van der Waals surface area contributed by atoms with Gasteiger partial charge in [-0.1, -0.05) is 25.5 Å². The van der Waals surface area contributed by atoms with Crippen molar-refractivity contribution in [2.45, 2.75) is 32.4 Å². The molecule has 0 bridgehead atoms. The number of hydrogen-bond donors (Lipinski definition) is 2. The summed E-state index contributed by atoms with van der Waals surface area (Å²) >= 11 is 0. The first kappa shape index (κ1) is 14.7. The Morgan fingerprint density at radius 3 is 2.89 bits per heavy atom. The Morgan fingerprint density at radius 1 is 1.50 bits per heavy atom. The lowest BCUT2D eigenvalue weighted by Crippen LogP contribution is -2.32. The summed E-state index contributed by atoms with van der Waals surface area (Å²) < 4.78 is 5.17. The zero-order valence-corrected chi connectivity index (χ0v) is 11.1. The van der Waals surface area contributed by atoms with E-state index in [-0.39, 0.29) is 5.91 Å². The van der Waals surface area contributed by atoms with Crippen LogP contribution < -0.4 is 11.1 Å². The summed E-state index contributed by atoms with van der Waals surface area (Å²) in [6.45, 7) is 3.57. The fourth-order valence-electron chi connectivity index (χ4n) is 1.89. The first-order valence-corrected chi connectivity index (χ1v) is 6.28. The molecule has 1 aromatic carbocycles. The summed E-state index contributed by atoms with van der Waals surface area (Å²) in [6, 6.07) is 7.73. The number of carbonyl (C=O) groups is 1. The van der Waals surface area contributed by atoms with Gasteiger partial charge in [0.05, 0.1) is 6.61 Å². The van der Waals surface area contributed by atoms with Crippen molar-refractivity contribution in [1.82, 2.24) is 5.32 Å². The first-order valence-electron chi connectivity index (χ1n) is 6.28. The number of hydrogen-bond acceptors (Lipinski definition) is 3. The molecule has 0 radical (unpaired) electrons. The van der Waals surface area contributed by atoms with Crippen molar-refractivity contribution in [2.75, 3.05) is 13.7 Å². The minimum Gasteiger partial charge on any atom is -0.383 e. The zero-order valence-electron chi connectivity index (χ0n) is 11.1. The smallest absolute Gasteiger partial charge is 0.248 e. The number of nitrogens with one attached hydrogen (secondary N) is 1. The highest BCUT2D eigenvalue weighted by atomic mass is 16.5. The van der Waals surface area contributed by atoms with Crippen LogP contribution in [-0.4, -0.2) is 25.7 Å². The molecule has 1 amide bonds. The van der Waals surface area contributed by atoms with Gasteiger partial charge in [-0.25, -0.2) is 0 Å². The fourth-order valence-corrected chi connectivity index (χ4v) is 1.89. The third-order valence-electron chi connectivity index (χ3n) is 2.81. The van der Waals surface area contributed by atoms with Gasteiger partial charge in [-0.05, 0) is 24.1 Å². The van der Waals surface area contributed by atoms with Crippen LogP contribution in [0.2, 0.25) is 0 Å². The molecule has 0 aliphatic heterocycles. The summed E-state index contributed by atoms with van der Waals surface area (Å²) in [5.41, 5.74) is 6.86. The van der Waals surface area contributed by atoms with Crippen LogP contribution in [0.4, 0.5) is 0 Å². The summed E-state index contributed by atoms with van der Waals surface area (Å²) in [5.74, 6) is -0.390. The van der Waals surface area contributed by atoms with Crippen molar-refractivity contribution in [3.05, 3.63) is 35.4 Å². The Hall–Kier alpha value is -1.39. The second-order valence-electron chi connectivity index (χ2n) is 4.39. The van der Waals surface area contributed by atoms with E-state index < -0.39 is 0 Å². The predicted molar refractivity (Wildman–Crippen MR) is 72.4 cm³/mol. The minimum atomic E-state index is -0.390. The number of carbonyl (C=O) groups excluding carboxylic acids is 1. The highest BCUT2D eigenvalue weighted by molar-refractivity contribution is 5.92. The standard InChI is InChI=1S/C14H22N2O2/c1-3-5-13(10-18-2)16-9-11-6-4-7-12(8-11)14(15)17/h4,6-8,13,16H,3,5,9-10H2,1-2H3,(H2,15,17). The molecule has 100 valence electrons. The Labute approximate surface area is 109 Å². The molecule has 0 saturated heterocycles. The monoisotopic (exact) mass is 250 g/mol. The fraction of sp³-hybridized carbons (Fsp3) is 0.500. The lowest BCUT2D eigenvalue weighted by molar-refractivity contribution is 0.1000. The Bertz CT molecular complexity index is 374. The van der Waals surface area contributed by atoms with Crippen molar-refractivity contribution < 1.29 is 9.53 Å². The van der Waals surface area contributed by atoms with Gasteiger partial charge >= 0.3 is 0 Å². The van der Waals surface area contributed by atoms with E-state index in [2.05, 4.69) is 12.2 Å². The largest absolute Gasteiger partial charge is 0.383 e. The highest BCUT2D eigenvalue weighted by Crippen LogP contribution is 2.06. The maximum absolute atomic E-state index is 11.1. The van der Waals surface area contributed by atoms with Crippen molar-refractivity contribution in [1.29, 1.82) is 0 Å². The van der Waals surface area contributed by atoms with E-state index in [4.69, 9.17) is 10.5 Å². The van der Waals surface area contributed by atoms with Crippen molar-refractivity contribution in [3.8, 4) is 0 Å². The molecular formula is C14H22N2O2. The maximum Gasteiger partial charge on any atom is 0.248 e. The quantitative estimate of drug-likeness (QED) is 0.738. The number of nitrogens with two attached hydrogens (primary N) is 1. The van der Waals surface area contributed by atoms with Crippen LogP contribution in [0.15, 0.2) is 24.3 Å². The lowest BCUT2D eigenvalue weighted by Gasteiger charge is -2.17. The van der Waals surface area contributed by atoms with E-state index in [1.54, 1.807) is 13.2 Å². The van der Waals surface area contributed by atoms with Gasteiger partial charge in [0.15, 0.2) is 0 Å². The summed E-state index contributed by atoms with van der Waals surface area (Å²) in [4.78, 5) is 11.1. The highest BCUT2D eigenvalue weighted by Gasteiger charge is 2.07. The second kappa shape index (κ2) is 7.84. The molecule has 1 rings (SSSR count). The molecule has 0 saturated carbocycles. The van der Waals surface area contributed by atoms with Gasteiger partial charge < -0.3 is 15.8 Å². The van der Waals surface area contributed by atoms with Crippen LogP contribution in [0.5, 0.6) is 0 Å².